The molecule has 3 aromatic rings. The van der Waals surface area contributed by atoms with Crippen LogP contribution in [0.2, 0.25) is 0 Å². The summed E-state index contributed by atoms with van der Waals surface area (Å²) in [7, 11) is 0. The second-order valence-electron chi connectivity index (χ2n) is 6.08. The summed E-state index contributed by atoms with van der Waals surface area (Å²) >= 11 is 3.41. The fraction of sp³-hybridized carbons (Fsp3) is 0.143. The molecule has 0 unspecified atom stereocenters. The fourth-order valence-electron chi connectivity index (χ4n) is 2.52. The SMILES string of the molecule is Cc1ccc(OCC(=O)Nc2ccccc2C(=O)NCc2ccco2)c(Br)c1. The fourth-order valence-corrected chi connectivity index (χ4v) is 3.13. The Kier molecular flexibility index (Phi) is 6.49. The van der Waals surface area contributed by atoms with Gasteiger partial charge in [0, 0.05) is 0 Å². The molecule has 0 saturated carbocycles. The van der Waals surface area contributed by atoms with E-state index < -0.39 is 0 Å². The number of halogens is 1. The summed E-state index contributed by atoms with van der Waals surface area (Å²) in [5.41, 5.74) is 1.85. The Hall–Kier alpha value is -3.06. The highest BCUT2D eigenvalue weighted by Crippen LogP contribution is 2.25. The van der Waals surface area contributed by atoms with Crippen molar-refractivity contribution in [3.63, 3.8) is 0 Å². The maximum Gasteiger partial charge on any atom is 0.262 e. The predicted molar refractivity (Wildman–Crippen MR) is 109 cm³/mol. The third-order valence-corrected chi connectivity index (χ3v) is 4.51. The number of ether oxygens (including phenoxy) is 1. The zero-order valence-corrected chi connectivity index (χ0v) is 16.8. The van der Waals surface area contributed by atoms with Crippen molar-refractivity contribution in [2.45, 2.75) is 13.5 Å². The monoisotopic (exact) mass is 442 g/mol. The van der Waals surface area contributed by atoms with Gasteiger partial charge < -0.3 is 19.8 Å². The van der Waals surface area contributed by atoms with Crippen molar-refractivity contribution in [1.29, 1.82) is 0 Å². The molecule has 6 nitrogen and oxygen atoms in total. The van der Waals surface area contributed by atoms with Crippen molar-refractivity contribution in [2.24, 2.45) is 0 Å². The van der Waals surface area contributed by atoms with Crippen LogP contribution in [0, 0.1) is 6.92 Å². The zero-order valence-electron chi connectivity index (χ0n) is 15.2. The first kappa shape index (κ1) is 19.7. The summed E-state index contributed by atoms with van der Waals surface area (Å²) in [4.78, 5) is 24.7. The largest absolute Gasteiger partial charge is 0.483 e. The van der Waals surface area contributed by atoms with Crippen LogP contribution in [0.3, 0.4) is 0 Å². The summed E-state index contributed by atoms with van der Waals surface area (Å²) in [5.74, 6) is 0.547. The van der Waals surface area contributed by atoms with Gasteiger partial charge in [0.25, 0.3) is 11.8 Å². The summed E-state index contributed by atoms with van der Waals surface area (Å²) < 4.78 is 11.5. The van der Waals surface area contributed by atoms with E-state index in [1.54, 1.807) is 48.7 Å². The molecule has 0 radical (unpaired) electrons. The molecular formula is C21H19BrN2O4. The Bertz CT molecular complexity index is 970. The average Bonchev–Trinajstić information content (AvgIpc) is 3.19. The second-order valence-corrected chi connectivity index (χ2v) is 6.93. The number of hydrogen-bond donors (Lipinski definition) is 2. The van der Waals surface area contributed by atoms with E-state index in [2.05, 4.69) is 26.6 Å². The number of furan rings is 1. The highest BCUT2D eigenvalue weighted by molar-refractivity contribution is 9.10. The molecule has 2 N–H and O–H groups in total. The summed E-state index contributed by atoms with van der Waals surface area (Å²) in [6, 6.07) is 15.9. The van der Waals surface area contributed by atoms with E-state index in [-0.39, 0.29) is 25.0 Å². The van der Waals surface area contributed by atoms with Crippen LogP contribution in [0.25, 0.3) is 0 Å². The van der Waals surface area contributed by atoms with Gasteiger partial charge >= 0.3 is 0 Å². The Morgan fingerprint density at radius 2 is 1.93 bits per heavy atom. The summed E-state index contributed by atoms with van der Waals surface area (Å²) in [5, 5.41) is 5.49. The molecular weight excluding hydrogens is 424 g/mol. The first-order valence-electron chi connectivity index (χ1n) is 8.61. The molecule has 28 heavy (non-hydrogen) atoms. The Morgan fingerprint density at radius 3 is 2.68 bits per heavy atom. The zero-order chi connectivity index (χ0) is 19.9. The number of hydrogen-bond acceptors (Lipinski definition) is 4. The first-order valence-corrected chi connectivity index (χ1v) is 9.40. The van der Waals surface area contributed by atoms with Crippen LogP contribution in [0.4, 0.5) is 5.69 Å². The van der Waals surface area contributed by atoms with Gasteiger partial charge in [-0.05, 0) is 64.8 Å². The highest BCUT2D eigenvalue weighted by atomic mass is 79.9. The molecule has 1 aromatic heterocycles. The Balaban J connectivity index is 1.60. The van der Waals surface area contributed by atoms with Crippen molar-refractivity contribution in [1.82, 2.24) is 5.32 Å². The number of aryl methyl sites for hydroxylation is 1. The van der Waals surface area contributed by atoms with E-state index in [9.17, 15) is 9.59 Å². The minimum absolute atomic E-state index is 0.177. The molecule has 7 heteroatoms. The molecule has 0 spiro atoms. The molecule has 144 valence electrons. The van der Waals surface area contributed by atoms with Gasteiger partial charge in [-0.25, -0.2) is 0 Å². The molecule has 3 rings (SSSR count). The third kappa shape index (κ3) is 5.23. The van der Waals surface area contributed by atoms with E-state index in [4.69, 9.17) is 9.15 Å². The normalized spacial score (nSPS) is 10.4. The van der Waals surface area contributed by atoms with Crippen molar-refractivity contribution in [2.75, 3.05) is 11.9 Å². The van der Waals surface area contributed by atoms with Crippen molar-refractivity contribution in [3.8, 4) is 5.75 Å². The van der Waals surface area contributed by atoms with Gasteiger partial charge in [0.15, 0.2) is 6.61 Å². The maximum absolute atomic E-state index is 12.5. The lowest BCUT2D eigenvalue weighted by atomic mass is 10.1. The molecule has 0 saturated heterocycles. The van der Waals surface area contributed by atoms with Crippen molar-refractivity contribution in [3.05, 3.63) is 82.2 Å². The van der Waals surface area contributed by atoms with E-state index in [1.807, 2.05) is 19.1 Å². The number of para-hydroxylation sites is 1. The van der Waals surface area contributed by atoms with Crippen LogP contribution in [-0.4, -0.2) is 18.4 Å². The van der Waals surface area contributed by atoms with Gasteiger partial charge in [-0.1, -0.05) is 18.2 Å². The molecule has 0 aliphatic rings. The number of carbonyl (C=O) groups excluding carboxylic acids is 2. The van der Waals surface area contributed by atoms with Gasteiger partial charge in [-0.2, -0.15) is 0 Å². The standard InChI is InChI=1S/C21H19BrN2O4/c1-14-8-9-19(17(22)11-14)28-13-20(25)24-18-7-3-2-6-16(18)21(26)23-12-15-5-4-10-27-15/h2-11H,12-13H2,1H3,(H,23,26)(H,24,25). The van der Waals surface area contributed by atoms with Crippen LogP contribution in [0.15, 0.2) is 69.8 Å². The molecule has 2 amide bonds. The second kappa shape index (κ2) is 9.23. The number of anilines is 1. The highest BCUT2D eigenvalue weighted by Gasteiger charge is 2.14. The summed E-state index contributed by atoms with van der Waals surface area (Å²) in [6.45, 7) is 2.05. The van der Waals surface area contributed by atoms with Crippen LogP contribution >= 0.6 is 15.9 Å². The number of carbonyl (C=O) groups is 2. The predicted octanol–water partition coefficient (Wildman–Crippen LogP) is 4.30. The van der Waals surface area contributed by atoms with Crippen LogP contribution in [-0.2, 0) is 11.3 Å². The average molecular weight is 443 g/mol. The number of nitrogens with one attached hydrogen (secondary N) is 2. The quantitative estimate of drug-likeness (QED) is 0.571. The molecule has 2 aromatic carbocycles. The lowest BCUT2D eigenvalue weighted by Gasteiger charge is -2.12. The first-order chi connectivity index (χ1) is 13.5. The van der Waals surface area contributed by atoms with Crippen molar-refractivity contribution >= 4 is 33.4 Å². The van der Waals surface area contributed by atoms with E-state index in [1.165, 1.54) is 0 Å². The molecule has 0 atom stereocenters. The van der Waals surface area contributed by atoms with Crippen LogP contribution in [0.1, 0.15) is 21.7 Å². The summed E-state index contributed by atoms with van der Waals surface area (Å²) in [6.07, 6.45) is 1.54. The number of rotatable bonds is 7. The van der Waals surface area contributed by atoms with E-state index in [0.717, 1.165) is 10.0 Å². The minimum atomic E-state index is -0.362. The molecule has 0 fully saturated rings. The smallest absolute Gasteiger partial charge is 0.262 e. The molecule has 0 aliphatic carbocycles. The third-order valence-electron chi connectivity index (χ3n) is 3.90. The Morgan fingerprint density at radius 1 is 1.11 bits per heavy atom. The van der Waals surface area contributed by atoms with E-state index >= 15 is 0 Å². The molecule has 1 heterocycles. The van der Waals surface area contributed by atoms with Gasteiger partial charge in [0.05, 0.1) is 28.5 Å². The van der Waals surface area contributed by atoms with Crippen LogP contribution in [0.5, 0.6) is 5.75 Å². The van der Waals surface area contributed by atoms with Gasteiger partial charge in [0.2, 0.25) is 0 Å². The lowest BCUT2D eigenvalue weighted by molar-refractivity contribution is -0.118. The van der Waals surface area contributed by atoms with Gasteiger partial charge in [-0.15, -0.1) is 0 Å². The maximum atomic E-state index is 12.5. The number of amides is 2. The van der Waals surface area contributed by atoms with Gasteiger partial charge in [-0.3, -0.25) is 9.59 Å². The lowest BCUT2D eigenvalue weighted by Crippen LogP contribution is -2.26. The minimum Gasteiger partial charge on any atom is -0.483 e. The number of benzene rings is 2. The Labute approximate surface area is 171 Å². The van der Waals surface area contributed by atoms with Gasteiger partial charge in [0.1, 0.15) is 11.5 Å². The molecule has 0 bridgehead atoms. The van der Waals surface area contributed by atoms with E-state index in [0.29, 0.717) is 22.8 Å². The van der Waals surface area contributed by atoms with Crippen LogP contribution < -0.4 is 15.4 Å². The topological polar surface area (TPSA) is 80.6 Å². The molecule has 0 aliphatic heterocycles. The van der Waals surface area contributed by atoms with Crippen molar-refractivity contribution < 1.29 is 18.7 Å².